The van der Waals surface area contributed by atoms with Crippen LogP contribution < -0.4 is 0 Å². The van der Waals surface area contributed by atoms with Crippen molar-refractivity contribution in [2.24, 2.45) is 0 Å². The van der Waals surface area contributed by atoms with Crippen molar-refractivity contribution in [3.05, 3.63) is 76.7 Å². The first-order valence-electron chi connectivity index (χ1n) is 6.93. The highest BCUT2D eigenvalue weighted by molar-refractivity contribution is 5.91. The molecule has 0 bridgehead atoms. The fourth-order valence-electron chi connectivity index (χ4n) is 2.17. The van der Waals surface area contributed by atoms with Crippen molar-refractivity contribution in [1.82, 2.24) is 4.98 Å². The van der Waals surface area contributed by atoms with Crippen LogP contribution in [0.4, 0.5) is 22.0 Å². The molecule has 0 aliphatic heterocycles. The van der Waals surface area contributed by atoms with Crippen molar-refractivity contribution in [2.45, 2.75) is 6.61 Å². The van der Waals surface area contributed by atoms with Gasteiger partial charge in [0.2, 0.25) is 5.82 Å². The summed E-state index contributed by atoms with van der Waals surface area (Å²) in [6, 6.07) is 9.76. The topological polar surface area (TPSA) is 39.2 Å². The summed E-state index contributed by atoms with van der Waals surface area (Å²) >= 11 is 0. The Kier molecular flexibility index (Phi) is 4.35. The fraction of sp³-hybridized carbons (Fsp3) is 0.0588. The summed E-state index contributed by atoms with van der Waals surface area (Å²) in [7, 11) is 0. The molecule has 2 aromatic carbocycles. The molecule has 0 N–H and O–H groups in total. The highest BCUT2D eigenvalue weighted by Gasteiger charge is 2.26. The van der Waals surface area contributed by atoms with Gasteiger partial charge in [0.25, 0.3) is 0 Å². The number of aromatic nitrogens is 1. The second-order valence-electron chi connectivity index (χ2n) is 5.01. The molecule has 3 aromatic rings. The average Bonchev–Trinajstić information content (AvgIpc) is 2.64. The van der Waals surface area contributed by atoms with Gasteiger partial charge in [-0.05, 0) is 12.1 Å². The Morgan fingerprint density at radius 1 is 0.840 bits per heavy atom. The molecule has 0 atom stereocenters. The van der Waals surface area contributed by atoms with E-state index >= 15 is 0 Å². The number of carbonyl (C=O) groups is 1. The van der Waals surface area contributed by atoms with Crippen molar-refractivity contribution < 1.29 is 31.5 Å². The number of para-hydroxylation sites is 1. The SMILES string of the molecule is O=C(OCc1c(F)c(F)c(F)c(F)c1F)c1ccc2ccccc2n1. The predicted molar refractivity (Wildman–Crippen MR) is 77.1 cm³/mol. The van der Waals surface area contributed by atoms with Crippen LogP contribution in [0.5, 0.6) is 0 Å². The summed E-state index contributed by atoms with van der Waals surface area (Å²) in [4.78, 5) is 15.9. The van der Waals surface area contributed by atoms with Crippen molar-refractivity contribution in [3.8, 4) is 0 Å². The molecule has 1 heterocycles. The monoisotopic (exact) mass is 353 g/mol. The standard InChI is InChI=1S/C17H8F5NO2/c18-12-9(13(19)15(21)16(22)14(12)20)7-25-17(24)11-6-5-8-3-1-2-4-10(8)23-11/h1-6H,7H2. The molecule has 25 heavy (non-hydrogen) atoms. The summed E-state index contributed by atoms with van der Waals surface area (Å²) < 4.78 is 70.9. The first-order valence-corrected chi connectivity index (χ1v) is 6.93. The number of esters is 1. The van der Waals surface area contributed by atoms with E-state index in [-0.39, 0.29) is 5.69 Å². The number of ether oxygens (including phenoxy) is 1. The number of halogens is 5. The fourth-order valence-corrected chi connectivity index (χ4v) is 2.17. The zero-order chi connectivity index (χ0) is 18.1. The van der Waals surface area contributed by atoms with E-state index in [1.807, 2.05) is 0 Å². The number of benzene rings is 2. The van der Waals surface area contributed by atoms with Crippen LogP contribution in [-0.2, 0) is 11.3 Å². The van der Waals surface area contributed by atoms with Gasteiger partial charge in [0.05, 0.1) is 11.1 Å². The molecule has 8 heteroatoms. The van der Waals surface area contributed by atoms with Crippen LogP contribution in [0.15, 0.2) is 36.4 Å². The van der Waals surface area contributed by atoms with Crippen molar-refractivity contribution in [1.29, 1.82) is 0 Å². The quantitative estimate of drug-likeness (QED) is 0.305. The van der Waals surface area contributed by atoms with Crippen molar-refractivity contribution in [2.75, 3.05) is 0 Å². The Morgan fingerprint density at radius 2 is 1.44 bits per heavy atom. The van der Waals surface area contributed by atoms with Gasteiger partial charge in [-0.25, -0.2) is 31.7 Å². The third kappa shape index (κ3) is 3.02. The third-order valence-electron chi connectivity index (χ3n) is 3.46. The molecule has 0 spiro atoms. The second-order valence-corrected chi connectivity index (χ2v) is 5.01. The number of nitrogens with zero attached hydrogens (tertiary/aromatic N) is 1. The minimum Gasteiger partial charge on any atom is -0.456 e. The van der Waals surface area contributed by atoms with Gasteiger partial charge in [0, 0.05) is 5.39 Å². The van der Waals surface area contributed by atoms with Gasteiger partial charge in [0.15, 0.2) is 23.3 Å². The van der Waals surface area contributed by atoms with Gasteiger partial charge in [-0.3, -0.25) is 0 Å². The van der Waals surface area contributed by atoms with Gasteiger partial charge < -0.3 is 4.74 Å². The molecule has 0 saturated carbocycles. The molecule has 0 aliphatic rings. The van der Waals surface area contributed by atoms with E-state index in [2.05, 4.69) is 9.72 Å². The zero-order valence-electron chi connectivity index (χ0n) is 12.3. The van der Waals surface area contributed by atoms with Gasteiger partial charge in [0.1, 0.15) is 12.3 Å². The Hall–Kier alpha value is -3.03. The summed E-state index contributed by atoms with van der Waals surface area (Å²) in [6.07, 6.45) is 0. The summed E-state index contributed by atoms with van der Waals surface area (Å²) in [6.45, 7) is -1.13. The van der Waals surface area contributed by atoms with Crippen LogP contribution in [0.2, 0.25) is 0 Å². The van der Waals surface area contributed by atoms with Gasteiger partial charge in [-0.1, -0.05) is 24.3 Å². The van der Waals surface area contributed by atoms with E-state index in [4.69, 9.17) is 0 Å². The molecule has 0 aliphatic carbocycles. The highest BCUT2D eigenvalue weighted by Crippen LogP contribution is 2.24. The molecule has 3 rings (SSSR count). The number of carbonyl (C=O) groups excluding carboxylic acids is 1. The first kappa shape index (κ1) is 16.8. The summed E-state index contributed by atoms with van der Waals surface area (Å²) in [5.74, 6) is -11.6. The van der Waals surface area contributed by atoms with Crippen LogP contribution in [-0.4, -0.2) is 11.0 Å². The van der Waals surface area contributed by atoms with E-state index < -0.39 is 47.2 Å². The van der Waals surface area contributed by atoms with E-state index in [1.165, 1.54) is 6.07 Å². The zero-order valence-corrected chi connectivity index (χ0v) is 12.3. The lowest BCUT2D eigenvalue weighted by Crippen LogP contribution is -2.12. The highest BCUT2D eigenvalue weighted by atomic mass is 19.2. The lowest BCUT2D eigenvalue weighted by atomic mass is 10.2. The lowest BCUT2D eigenvalue weighted by Gasteiger charge is -2.09. The average molecular weight is 353 g/mol. The van der Waals surface area contributed by atoms with E-state index in [0.717, 1.165) is 5.39 Å². The predicted octanol–water partition coefficient (Wildman–Crippen LogP) is 4.29. The summed E-state index contributed by atoms with van der Waals surface area (Å²) in [5, 5.41) is 0.749. The number of fused-ring (bicyclic) bond motifs is 1. The molecule has 0 amide bonds. The maximum atomic E-state index is 13.5. The van der Waals surface area contributed by atoms with E-state index in [1.54, 1.807) is 30.3 Å². The Morgan fingerprint density at radius 3 is 2.12 bits per heavy atom. The second kappa shape index (κ2) is 6.46. The van der Waals surface area contributed by atoms with Crippen LogP contribution in [0.25, 0.3) is 10.9 Å². The van der Waals surface area contributed by atoms with Crippen LogP contribution >= 0.6 is 0 Å². The maximum Gasteiger partial charge on any atom is 0.357 e. The lowest BCUT2D eigenvalue weighted by molar-refractivity contribution is 0.0455. The minimum absolute atomic E-state index is 0.164. The molecule has 0 unspecified atom stereocenters. The van der Waals surface area contributed by atoms with Crippen LogP contribution in [0, 0.1) is 29.1 Å². The van der Waals surface area contributed by atoms with Crippen molar-refractivity contribution >= 4 is 16.9 Å². The molecule has 128 valence electrons. The molecule has 0 saturated heterocycles. The Bertz CT molecular complexity index is 961. The van der Waals surface area contributed by atoms with Crippen molar-refractivity contribution in [3.63, 3.8) is 0 Å². The number of hydrogen-bond donors (Lipinski definition) is 0. The Labute approximate surface area is 137 Å². The molecular formula is C17H8F5NO2. The van der Waals surface area contributed by atoms with Crippen LogP contribution in [0.3, 0.4) is 0 Å². The number of rotatable bonds is 3. The van der Waals surface area contributed by atoms with Gasteiger partial charge in [-0.15, -0.1) is 0 Å². The van der Waals surface area contributed by atoms with Gasteiger partial charge >= 0.3 is 5.97 Å². The minimum atomic E-state index is -2.28. The summed E-state index contributed by atoms with van der Waals surface area (Å²) in [5.41, 5.74) is -0.915. The maximum absolute atomic E-state index is 13.5. The molecular weight excluding hydrogens is 345 g/mol. The van der Waals surface area contributed by atoms with Crippen LogP contribution in [0.1, 0.15) is 16.1 Å². The van der Waals surface area contributed by atoms with E-state index in [0.29, 0.717) is 5.52 Å². The first-order chi connectivity index (χ1) is 11.9. The normalized spacial score (nSPS) is 10.9. The smallest absolute Gasteiger partial charge is 0.357 e. The number of hydrogen-bond acceptors (Lipinski definition) is 3. The largest absolute Gasteiger partial charge is 0.456 e. The molecule has 0 fully saturated rings. The molecule has 3 nitrogen and oxygen atoms in total. The number of pyridine rings is 1. The Balaban J connectivity index is 1.85. The molecule has 0 radical (unpaired) electrons. The third-order valence-corrected chi connectivity index (χ3v) is 3.46. The molecule has 1 aromatic heterocycles. The van der Waals surface area contributed by atoms with Gasteiger partial charge in [-0.2, -0.15) is 0 Å². The van der Waals surface area contributed by atoms with E-state index in [9.17, 15) is 26.7 Å².